The third-order valence-electron chi connectivity index (χ3n) is 3.88. The summed E-state index contributed by atoms with van der Waals surface area (Å²) in [5.41, 5.74) is 0.538. The second-order valence-corrected chi connectivity index (χ2v) is 6.01. The predicted molar refractivity (Wildman–Crippen MR) is 70.7 cm³/mol. The molecule has 2 heteroatoms. The topological polar surface area (TPSA) is 26.3 Å². The van der Waals surface area contributed by atoms with E-state index in [1.807, 2.05) is 20.8 Å². The number of esters is 1. The molecule has 0 aromatic rings. The summed E-state index contributed by atoms with van der Waals surface area (Å²) in [4.78, 5) is 12.0. The Hall–Kier alpha value is -0.790. The van der Waals surface area contributed by atoms with Crippen molar-refractivity contribution in [3.8, 4) is 0 Å². The van der Waals surface area contributed by atoms with Gasteiger partial charge < -0.3 is 4.74 Å². The van der Waals surface area contributed by atoms with Crippen LogP contribution < -0.4 is 0 Å². The van der Waals surface area contributed by atoms with Gasteiger partial charge >= 0.3 is 5.97 Å². The van der Waals surface area contributed by atoms with Gasteiger partial charge in [0, 0.05) is 5.57 Å². The number of ether oxygens (including phenoxy) is 1. The summed E-state index contributed by atoms with van der Waals surface area (Å²) < 4.78 is 5.51. The number of rotatable bonds is 4. The van der Waals surface area contributed by atoms with E-state index in [0.29, 0.717) is 5.92 Å². The molecule has 98 valence electrons. The summed E-state index contributed by atoms with van der Waals surface area (Å²) in [7, 11) is 0. The van der Waals surface area contributed by atoms with Crippen molar-refractivity contribution >= 4 is 5.97 Å². The Labute approximate surface area is 105 Å². The number of hydrogen-bond donors (Lipinski definition) is 0. The van der Waals surface area contributed by atoms with Crippen LogP contribution in [0.25, 0.3) is 0 Å². The van der Waals surface area contributed by atoms with E-state index in [1.54, 1.807) is 0 Å². The lowest BCUT2D eigenvalue weighted by Gasteiger charge is -2.27. The van der Waals surface area contributed by atoms with Gasteiger partial charge in [-0.1, -0.05) is 26.8 Å². The molecule has 0 N–H and O–H groups in total. The molecule has 0 spiro atoms. The number of carbonyl (C=O) groups excluding carboxylic acids is 1. The van der Waals surface area contributed by atoms with Gasteiger partial charge in [0.1, 0.15) is 5.60 Å². The second-order valence-electron chi connectivity index (χ2n) is 6.01. The lowest BCUT2D eigenvalue weighted by atomic mass is 9.82. The summed E-state index contributed by atoms with van der Waals surface area (Å²) in [6, 6.07) is 0. The predicted octanol–water partition coefficient (Wildman–Crippen LogP) is 4.10. The van der Waals surface area contributed by atoms with Gasteiger partial charge in [-0.2, -0.15) is 0 Å². The van der Waals surface area contributed by atoms with E-state index in [2.05, 4.69) is 19.9 Å². The number of allylic oxidation sites excluding steroid dienone is 1. The maximum atomic E-state index is 12.0. The highest BCUT2D eigenvalue weighted by atomic mass is 16.6. The molecule has 0 fully saturated rings. The average molecular weight is 238 g/mol. The molecular weight excluding hydrogens is 212 g/mol. The number of carbonyl (C=O) groups is 1. The highest BCUT2D eigenvalue weighted by Gasteiger charge is 2.26. The molecule has 0 unspecified atom stereocenters. The molecule has 1 rings (SSSR count). The second kappa shape index (κ2) is 5.70. The van der Waals surface area contributed by atoms with Crippen LogP contribution in [0.4, 0.5) is 0 Å². The van der Waals surface area contributed by atoms with Crippen molar-refractivity contribution in [2.24, 2.45) is 11.8 Å². The minimum Gasteiger partial charge on any atom is -0.456 e. The molecule has 2 nitrogen and oxygen atoms in total. The Balaban J connectivity index is 2.55. The summed E-state index contributed by atoms with van der Waals surface area (Å²) in [6.07, 6.45) is 5.95. The molecule has 0 aromatic carbocycles. The highest BCUT2D eigenvalue weighted by molar-refractivity contribution is 5.88. The van der Waals surface area contributed by atoms with Crippen molar-refractivity contribution in [1.82, 2.24) is 0 Å². The van der Waals surface area contributed by atoms with Crippen LogP contribution in [0.2, 0.25) is 0 Å². The minimum atomic E-state index is -0.340. The maximum absolute atomic E-state index is 12.0. The fourth-order valence-corrected chi connectivity index (χ4v) is 2.03. The van der Waals surface area contributed by atoms with E-state index in [1.165, 1.54) is 0 Å². The fraction of sp³-hybridized carbons (Fsp3) is 0.800. The maximum Gasteiger partial charge on any atom is 0.334 e. The van der Waals surface area contributed by atoms with Crippen LogP contribution in [0, 0.1) is 11.8 Å². The molecule has 0 aromatic heterocycles. The van der Waals surface area contributed by atoms with Gasteiger partial charge in [0.2, 0.25) is 0 Å². The first-order valence-electron chi connectivity index (χ1n) is 6.78. The zero-order valence-corrected chi connectivity index (χ0v) is 11.9. The molecule has 1 aliphatic rings. The Morgan fingerprint density at radius 2 is 2.18 bits per heavy atom. The van der Waals surface area contributed by atoms with Crippen LogP contribution in [0.1, 0.15) is 60.3 Å². The van der Waals surface area contributed by atoms with E-state index in [4.69, 9.17) is 4.74 Å². The summed E-state index contributed by atoms with van der Waals surface area (Å²) in [5.74, 6) is 1.32. The minimum absolute atomic E-state index is 0.112. The quantitative estimate of drug-likeness (QED) is 0.689. The average Bonchev–Trinajstić information content (AvgIpc) is 2.28. The van der Waals surface area contributed by atoms with Gasteiger partial charge in [0.25, 0.3) is 0 Å². The van der Waals surface area contributed by atoms with E-state index in [-0.39, 0.29) is 11.6 Å². The Morgan fingerprint density at radius 1 is 1.53 bits per heavy atom. The summed E-state index contributed by atoms with van der Waals surface area (Å²) >= 11 is 0. The van der Waals surface area contributed by atoms with Crippen LogP contribution in [-0.2, 0) is 9.53 Å². The van der Waals surface area contributed by atoms with Gasteiger partial charge in [-0.05, 0) is 51.4 Å². The molecule has 1 aliphatic carbocycles. The molecule has 0 saturated carbocycles. The SMILES string of the molecule is CCC(C)(C)OC(=O)C1=CC[C@@H](C(C)C)CC1. The molecule has 0 radical (unpaired) electrons. The van der Waals surface area contributed by atoms with E-state index >= 15 is 0 Å². The molecule has 0 heterocycles. The first kappa shape index (κ1) is 14.3. The molecule has 0 aliphatic heterocycles. The number of hydrogen-bond acceptors (Lipinski definition) is 2. The standard InChI is InChI=1S/C15H26O2/c1-6-15(4,5)17-14(16)13-9-7-12(8-10-13)11(2)3/h9,11-12H,6-8,10H2,1-5H3/t12-/m1/s1. The van der Waals surface area contributed by atoms with Crippen molar-refractivity contribution in [1.29, 1.82) is 0 Å². The largest absolute Gasteiger partial charge is 0.456 e. The fourth-order valence-electron chi connectivity index (χ4n) is 2.03. The Bertz CT molecular complexity index is 300. The zero-order chi connectivity index (χ0) is 13.1. The molecule has 0 amide bonds. The highest BCUT2D eigenvalue weighted by Crippen LogP contribution is 2.30. The van der Waals surface area contributed by atoms with Crippen molar-refractivity contribution in [3.63, 3.8) is 0 Å². The lowest BCUT2D eigenvalue weighted by Crippen LogP contribution is -2.28. The van der Waals surface area contributed by atoms with Gasteiger partial charge in [0.15, 0.2) is 0 Å². The van der Waals surface area contributed by atoms with Crippen LogP contribution in [0.5, 0.6) is 0 Å². The smallest absolute Gasteiger partial charge is 0.334 e. The van der Waals surface area contributed by atoms with Crippen LogP contribution in [-0.4, -0.2) is 11.6 Å². The first-order chi connectivity index (χ1) is 7.85. The molecule has 0 bridgehead atoms. The van der Waals surface area contributed by atoms with Crippen molar-refractivity contribution < 1.29 is 9.53 Å². The third kappa shape index (κ3) is 4.18. The van der Waals surface area contributed by atoms with Gasteiger partial charge in [-0.3, -0.25) is 0 Å². The van der Waals surface area contributed by atoms with Gasteiger partial charge in [-0.25, -0.2) is 4.79 Å². The van der Waals surface area contributed by atoms with Crippen molar-refractivity contribution in [2.45, 2.75) is 65.9 Å². The van der Waals surface area contributed by atoms with Gasteiger partial charge in [-0.15, -0.1) is 0 Å². The van der Waals surface area contributed by atoms with Crippen LogP contribution in [0.15, 0.2) is 11.6 Å². The first-order valence-corrected chi connectivity index (χ1v) is 6.78. The van der Waals surface area contributed by atoms with Crippen LogP contribution >= 0.6 is 0 Å². The van der Waals surface area contributed by atoms with Crippen molar-refractivity contribution in [3.05, 3.63) is 11.6 Å². The molecular formula is C15H26O2. The Kier molecular flexibility index (Phi) is 4.79. The normalized spacial score (nSPS) is 21.3. The van der Waals surface area contributed by atoms with E-state index in [0.717, 1.165) is 37.2 Å². The molecule has 17 heavy (non-hydrogen) atoms. The third-order valence-corrected chi connectivity index (χ3v) is 3.88. The summed E-state index contributed by atoms with van der Waals surface area (Å²) in [6.45, 7) is 10.5. The van der Waals surface area contributed by atoms with Gasteiger partial charge in [0.05, 0.1) is 0 Å². The molecule has 0 saturated heterocycles. The van der Waals surface area contributed by atoms with E-state index < -0.39 is 0 Å². The van der Waals surface area contributed by atoms with E-state index in [9.17, 15) is 4.79 Å². The zero-order valence-electron chi connectivity index (χ0n) is 11.9. The Morgan fingerprint density at radius 3 is 2.59 bits per heavy atom. The monoisotopic (exact) mass is 238 g/mol. The molecule has 1 atom stereocenters. The van der Waals surface area contributed by atoms with Crippen LogP contribution in [0.3, 0.4) is 0 Å². The summed E-state index contributed by atoms with van der Waals surface area (Å²) in [5, 5.41) is 0. The lowest BCUT2D eigenvalue weighted by molar-refractivity contribution is -0.152. The van der Waals surface area contributed by atoms with Crippen molar-refractivity contribution in [2.75, 3.05) is 0 Å².